The molecule has 108 valence electrons. The fourth-order valence-corrected chi connectivity index (χ4v) is 1.65. The van der Waals surface area contributed by atoms with E-state index >= 15 is 0 Å². The molecular formula is C15H25NO3. The van der Waals surface area contributed by atoms with Gasteiger partial charge in [0.25, 0.3) is 0 Å². The molecule has 1 unspecified atom stereocenters. The molecule has 0 aliphatic rings. The van der Waals surface area contributed by atoms with Gasteiger partial charge < -0.3 is 19.9 Å². The fourth-order valence-electron chi connectivity index (χ4n) is 1.65. The van der Waals surface area contributed by atoms with Gasteiger partial charge >= 0.3 is 0 Å². The molecule has 2 N–H and O–H groups in total. The lowest BCUT2D eigenvalue weighted by Gasteiger charge is -2.15. The van der Waals surface area contributed by atoms with Crippen LogP contribution in [-0.4, -0.2) is 31.5 Å². The van der Waals surface area contributed by atoms with E-state index in [2.05, 4.69) is 12.2 Å². The summed E-state index contributed by atoms with van der Waals surface area (Å²) in [5.74, 6) is 1.54. The van der Waals surface area contributed by atoms with Gasteiger partial charge in [0.15, 0.2) is 0 Å². The molecule has 1 aromatic rings. The van der Waals surface area contributed by atoms with E-state index in [1.165, 1.54) is 0 Å². The lowest BCUT2D eigenvalue weighted by atomic mass is 10.2. The molecule has 1 aromatic carbocycles. The molecule has 4 heteroatoms. The van der Waals surface area contributed by atoms with Crippen LogP contribution >= 0.6 is 0 Å². The summed E-state index contributed by atoms with van der Waals surface area (Å²) in [5, 5.41) is 12.9. The first kappa shape index (κ1) is 15.8. The van der Waals surface area contributed by atoms with Crippen molar-refractivity contribution < 1.29 is 14.6 Å². The van der Waals surface area contributed by atoms with E-state index in [0.717, 1.165) is 36.6 Å². The minimum Gasteiger partial charge on any atom is -0.497 e. The van der Waals surface area contributed by atoms with Crippen LogP contribution in [0.4, 0.5) is 0 Å². The molecule has 0 radical (unpaired) electrons. The first-order chi connectivity index (χ1) is 9.21. The molecule has 0 aliphatic heterocycles. The van der Waals surface area contributed by atoms with Crippen LogP contribution in [-0.2, 0) is 6.54 Å². The Hall–Kier alpha value is -1.26. The van der Waals surface area contributed by atoms with Gasteiger partial charge in [-0.3, -0.25) is 0 Å². The molecule has 0 amide bonds. The van der Waals surface area contributed by atoms with Crippen molar-refractivity contribution in [2.24, 2.45) is 0 Å². The summed E-state index contributed by atoms with van der Waals surface area (Å²) in [6.07, 6.45) is 1.36. The summed E-state index contributed by atoms with van der Waals surface area (Å²) in [4.78, 5) is 0. The van der Waals surface area contributed by atoms with Crippen LogP contribution in [0, 0.1) is 0 Å². The van der Waals surface area contributed by atoms with Crippen LogP contribution in [0.2, 0.25) is 0 Å². The number of hydrogen-bond donors (Lipinski definition) is 2. The van der Waals surface area contributed by atoms with E-state index < -0.39 is 6.10 Å². The first-order valence-corrected chi connectivity index (χ1v) is 6.89. The maximum Gasteiger partial charge on any atom is 0.127 e. The second-order valence-corrected chi connectivity index (χ2v) is 4.52. The van der Waals surface area contributed by atoms with Crippen LogP contribution in [0.5, 0.6) is 11.5 Å². The Kier molecular flexibility index (Phi) is 7.30. The normalized spacial score (nSPS) is 12.2. The maximum absolute atomic E-state index is 9.58. The fraction of sp³-hybridized carbons (Fsp3) is 0.600. The molecule has 0 bridgehead atoms. The zero-order valence-electron chi connectivity index (χ0n) is 12.1. The van der Waals surface area contributed by atoms with Crippen molar-refractivity contribution in [2.75, 3.05) is 20.3 Å². The molecule has 1 rings (SSSR count). The van der Waals surface area contributed by atoms with E-state index in [9.17, 15) is 5.11 Å². The molecule has 0 spiro atoms. The lowest BCUT2D eigenvalue weighted by molar-refractivity contribution is 0.103. The van der Waals surface area contributed by atoms with Gasteiger partial charge in [-0.15, -0.1) is 0 Å². The highest BCUT2D eigenvalue weighted by Gasteiger charge is 2.08. The Morgan fingerprint density at radius 1 is 1.32 bits per heavy atom. The number of benzene rings is 1. The predicted molar refractivity (Wildman–Crippen MR) is 76.8 cm³/mol. The minimum atomic E-state index is -0.428. The van der Waals surface area contributed by atoms with Gasteiger partial charge in [-0.1, -0.05) is 19.9 Å². The van der Waals surface area contributed by atoms with Crippen LogP contribution < -0.4 is 14.8 Å². The van der Waals surface area contributed by atoms with Gasteiger partial charge in [0, 0.05) is 18.2 Å². The summed E-state index contributed by atoms with van der Waals surface area (Å²) < 4.78 is 10.9. The number of nitrogens with one attached hydrogen (secondary N) is 1. The smallest absolute Gasteiger partial charge is 0.127 e. The summed E-state index contributed by atoms with van der Waals surface area (Å²) in [6, 6.07) is 5.78. The Bertz CT molecular complexity index is 368. The van der Waals surface area contributed by atoms with Crippen molar-refractivity contribution in [1.82, 2.24) is 5.32 Å². The van der Waals surface area contributed by atoms with Crippen LogP contribution in [0.1, 0.15) is 32.3 Å². The zero-order chi connectivity index (χ0) is 14.1. The maximum atomic E-state index is 9.58. The first-order valence-electron chi connectivity index (χ1n) is 6.89. The largest absolute Gasteiger partial charge is 0.497 e. The van der Waals surface area contributed by atoms with Crippen LogP contribution in [0.15, 0.2) is 18.2 Å². The third-order valence-corrected chi connectivity index (χ3v) is 2.92. The van der Waals surface area contributed by atoms with Crippen molar-refractivity contribution in [3.8, 4) is 11.5 Å². The summed E-state index contributed by atoms with van der Waals surface area (Å²) >= 11 is 0. The van der Waals surface area contributed by atoms with E-state index in [1.54, 1.807) is 7.11 Å². The Labute approximate surface area is 115 Å². The highest BCUT2D eigenvalue weighted by Crippen LogP contribution is 2.25. The Balaban J connectivity index is 2.71. The molecule has 0 saturated heterocycles. The second-order valence-electron chi connectivity index (χ2n) is 4.52. The van der Waals surface area contributed by atoms with E-state index in [1.807, 2.05) is 25.1 Å². The summed E-state index contributed by atoms with van der Waals surface area (Å²) in [5.41, 5.74) is 1.08. The average Bonchev–Trinajstić information content (AvgIpc) is 2.45. The van der Waals surface area contributed by atoms with Gasteiger partial charge in [0.1, 0.15) is 18.1 Å². The van der Waals surface area contributed by atoms with E-state index in [0.29, 0.717) is 13.0 Å². The molecule has 1 atom stereocenters. The van der Waals surface area contributed by atoms with Gasteiger partial charge in [-0.25, -0.2) is 0 Å². The van der Waals surface area contributed by atoms with Gasteiger partial charge in [-0.05, 0) is 25.5 Å². The highest BCUT2D eigenvalue weighted by atomic mass is 16.5. The molecular weight excluding hydrogens is 242 g/mol. The van der Waals surface area contributed by atoms with Crippen LogP contribution in [0.3, 0.4) is 0 Å². The number of hydrogen-bond acceptors (Lipinski definition) is 4. The van der Waals surface area contributed by atoms with Crippen molar-refractivity contribution in [2.45, 2.75) is 39.3 Å². The average molecular weight is 267 g/mol. The molecule has 4 nitrogen and oxygen atoms in total. The number of ether oxygens (including phenoxy) is 2. The highest BCUT2D eigenvalue weighted by molar-refractivity contribution is 5.40. The van der Waals surface area contributed by atoms with Crippen LogP contribution in [0.25, 0.3) is 0 Å². The number of aliphatic hydroxyl groups is 1. The van der Waals surface area contributed by atoms with Crippen molar-refractivity contribution in [3.05, 3.63) is 23.8 Å². The Morgan fingerprint density at radius 2 is 2.11 bits per heavy atom. The topological polar surface area (TPSA) is 50.7 Å². The number of methoxy groups -OCH3 is 1. The molecule has 0 saturated carbocycles. The number of rotatable bonds is 9. The standard InChI is InChI=1S/C15H25NO3/c1-4-8-16-10-12-6-7-14(18-3)9-15(12)19-11-13(17)5-2/h6-7,9,13,16-17H,4-5,8,10-11H2,1-3H3. The molecule has 0 fully saturated rings. The predicted octanol–water partition coefficient (Wildman–Crippen LogP) is 2.34. The zero-order valence-corrected chi connectivity index (χ0v) is 12.1. The molecule has 0 heterocycles. The van der Waals surface area contributed by atoms with Gasteiger partial charge in [-0.2, -0.15) is 0 Å². The lowest BCUT2D eigenvalue weighted by Crippen LogP contribution is -2.18. The number of aliphatic hydroxyl groups excluding tert-OH is 1. The second kappa shape index (κ2) is 8.77. The Morgan fingerprint density at radius 3 is 2.74 bits per heavy atom. The molecule has 0 aliphatic carbocycles. The quantitative estimate of drug-likeness (QED) is 0.674. The summed E-state index contributed by atoms with van der Waals surface area (Å²) in [7, 11) is 1.63. The van der Waals surface area contributed by atoms with E-state index in [-0.39, 0.29) is 0 Å². The minimum absolute atomic E-state index is 0.310. The van der Waals surface area contributed by atoms with Gasteiger partial charge in [0.05, 0.1) is 13.2 Å². The summed E-state index contributed by atoms with van der Waals surface area (Å²) in [6.45, 7) is 6.11. The molecule has 19 heavy (non-hydrogen) atoms. The monoisotopic (exact) mass is 267 g/mol. The van der Waals surface area contributed by atoms with Crippen molar-refractivity contribution in [1.29, 1.82) is 0 Å². The molecule has 0 aromatic heterocycles. The van der Waals surface area contributed by atoms with E-state index in [4.69, 9.17) is 9.47 Å². The van der Waals surface area contributed by atoms with Crippen molar-refractivity contribution >= 4 is 0 Å². The van der Waals surface area contributed by atoms with Crippen molar-refractivity contribution in [3.63, 3.8) is 0 Å². The SMILES string of the molecule is CCCNCc1ccc(OC)cc1OCC(O)CC. The third kappa shape index (κ3) is 5.49. The van der Waals surface area contributed by atoms with Gasteiger partial charge in [0.2, 0.25) is 0 Å². The third-order valence-electron chi connectivity index (χ3n) is 2.92.